The number of carbonyl (C=O) groups excluding carboxylic acids is 1. The third-order valence-electron chi connectivity index (χ3n) is 3.58. The Morgan fingerprint density at radius 3 is 2.56 bits per heavy atom. The van der Waals surface area contributed by atoms with E-state index in [2.05, 4.69) is 10.5 Å². The standard InChI is InChI=1S/C17H18N4O5S/c1-13-6-8-16(9-7-13)27(25,26)20(2)12-17(22)19-18-11-14-4-3-5-15(10-14)21(23)24/h3-11H,12H2,1-2H3,(H,19,22). The number of sulfonamides is 1. The molecule has 0 saturated carbocycles. The highest BCUT2D eigenvalue weighted by atomic mass is 32.2. The highest BCUT2D eigenvalue weighted by Gasteiger charge is 2.22. The molecule has 0 saturated heterocycles. The zero-order chi connectivity index (χ0) is 20.0. The van der Waals surface area contributed by atoms with Crippen molar-refractivity contribution in [1.82, 2.24) is 9.73 Å². The molecule has 0 radical (unpaired) electrons. The molecule has 1 N–H and O–H groups in total. The van der Waals surface area contributed by atoms with Crippen LogP contribution < -0.4 is 5.43 Å². The maximum absolute atomic E-state index is 12.4. The summed E-state index contributed by atoms with van der Waals surface area (Å²) in [5.74, 6) is -0.644. The minimum absolute atomic E-state index is 0.0866. The Labute approximate surface area is 156 Å². The van der Waals surface area contributed by atoms with Crippen LogP contribution in [0.4, 0.5) is 5.69 Å². The highest BCUT2D eigenvalue weighted by molar-refractivity contribution is 7.89. The molecule has 10 heteroatoms. The van der Waals surface area contributed by atoms with E-state index in [1.54, 1.807) is 18.2 Å². The summed E-state index contributed by atoms with van der Waals surface area (Å²) in [5, 5.41) is 14.4. The van der Waals surface area contributed by atoms with Gasteiger partial charge >= 0.3 is 0 Å². The fourth-order valence-corrected chi connectivity index (χ4v) is 3.24. The third kappa shape index (κ3) is 5.43. The van der Waals surface area contributed by atoms with E-state index in [0.29, 0.717) is 5.56 Å². The lowest BCUT2D eigenvalue weighted by atomic mass is 10.2. The highest BCUT2D eigenvalue weighted by Crippen LogP contribution is 2.14. The van der Waals surface area contributed by atoms with Gasteiger partial charge in [0.25, 0.3) is 11.6 Å². The number of hydrazone groups is 1. The van der Waals surface area contributed by atoms with Crippen LogP contribution in [0.3, 0.4) is 0 Å². The summed E-state index contributed by atoms with van der Waals surface area (Å²) in [6.45, 7) is 1.41. The molecule has 0 aromatic heterocycles. The van der Waals surface area contributed by atoms with E-state index in [1.165, 1.54) is 43.6 Å². The number of nitro groups is 1. The topological polar surface area (TPSA) is 122 Å². The Morgan fingerprint density at radius 2 is 1.93 bits per heavy atom. The van der Waals surface area contributed by atoms with Gasteiger partial charge in [0, 0.05) is 24.7 Å². The summed E-state index contributed by atoms with van der Waals surface area (Å²) >= 11 is 0. The average molecular weight is 390 g/mol. The number of non-ortho nitro benzene ring substituents is 1. The van der Waals surface area contributed by atoms with Crippen molar-refractivity contribution in [2.75, 3.05) is 13.6 Å². The van der Waals surface area contributed by atoms with Gasteiger partial charge in [-0.25, -0.2) is 13.8 Å². The van der Waals surface area contributed by atoms with Gasteiger partial charge in [0.15, 0.2) is 0 Å². The predicted molar refractivity (Wildman–Crippen MR) is 99.8 cm³/mol. The normalized spacial score (nSPS) is 11.7. The van der Waals surface area contributed by atoms with E-state index < -0.39 is 27.4 Å². The maximum Gasteiger partial charge on any atom is 0.270 e. The zero-order valence-electron chi connectivity index (χ0n) is 14.7. The number of rotatable bonds is 7. The first kappa shape index (κ1) is 20.2. The summed E-state index contributed by atoms with van der Waals surface area (Å²) in [6, 6.07) is 12.0. The van der Waals surface area contributed by atoms with Crippen molar-refractivity contribution in [2.45, 2.75) is 11.8 Å². The Hall–Kier alpha value is -3.11. The molecule has 0 aliphatic rings. The molecule has 2 aromatic carbocycles. The van der Waals surface area contributed by atoms with Gasteiger partial charge in [-0.1, -0.05) is 29.8 Å². The van der Waals surface area contributed by atoms with Crippen LogP contribution in [0.25, 0.3) is 0 Å². The maximum atomic E-state index is 12.4. The van der Waals surface area contributed by atoms with Crippen LogP contribution in [0.2, 0.25) is 0 Å². The van der Waals surface area contributed by atoms with Crippen LogP contribution in [0, 0.1) is 17.0 Å². The molecule has 9 nitrogen and oxygen atoms in total. The van der Waals surface area contributed by atoms with Crippen LogP contribution >= 0.6 is 0 Å². The lowest BCUT2D eigenvalue weighted by molar-refractivity contribution is -0.384. The number of likely N-dealkylation sites (N-methyl/N-ethyl adjacent to an activating group) is 1. The molecule has 0 aliphatic heterocycles. The molecule has 0 bridgehead atoms. The van der Waals surface area contributed by atoms with Gasteiger partial charge in [-0.05, 0) is 19.1 Å². The summed E-state index contributed by atoms with van der Waals surface area (Å²) in [6.07, 6.45) is 1.24. The van der Waals surface area contributed by atoms with Gasteiger partial charge in [0.2, 0.25) is 10.0 Å². The second kappa shape index (κ2) is 8.52. The Kier molecular flexibility index (Phi) is 6.37. The van der Waals surface area contributed by atoms with Gasteiger partial charge in [0.05, 0.1) is 22.6 Å². The summed E-state index contributed by atoms with van der Waals surface area (Å²) in [7, 11) is -2.51. The first-order valence-corrected chi connectivity index (χ1v) is 9.23. The fourth-order valence-electron chi connectivity index (χ4n) is 2.11. The number of carbonyl (C=O) groups is 1. The molecule has 142 valence electrons. The van der Waals surface area contributed by atoms with Crippen LogP contribution in [0.1, 0.15) is 11.1 Å². The lowest BCUT2D eigenvalue weighted by Crippen LogP contribution is -2.36. The smallest absolute Gasteiger partial charge is 0.270 e. The molecular weight excluding hydrogens is 372 g/mol. The molecule has 0 aliphatic carbocycles. The van der Waals surface area contributed by atoms with Crippen LogP contribution in [-0.2, 0) is 14.8 Å². The fraction of sp³-hybridized carbons (Fsp3) is 0.176. The Morgan fingerprint density at radius 1 is 1.26 bits per heavy atom. The van der Waals surface area contributed by atoms with Gasteiger partial charge in [-0.3, -0.25) is 14.9 Å². The summed E-state index contributed by atoms with van der Waals surface area (Å²) in [5.41, 5.74) is 3.44. The van der Waals surface area contributed by atoms with Gasteiger partial charge in [-0.2, -0.15) is 9.41 Å². The lowest BCUT2D eigenvalue weighted by Gasteiger charge is -2.16. The van der Waals surface area contributed by atoms with E-state index in [0.717, 1.165) is 9.87 Å². The number of hydrogen-bond donors (Lipinski definition) is 1. The van der Waals surface area contributed by atoms with Crippen molar-refractivity contribution in [1.29, 1.82) is 0 Å². The predicted octanol–water partition coefficient (Wildman–Crippen LogP) is 1.67. The van der Waals surface area contributed by atoms with Crippen LogP contribution in [0.5, 0.6) is 0 Å². The van der Waals surface area contributed by atoms with E-state index in [9.17, 15) is 23.3 Å². The zero-order valence-corrected chi connectivity index (χ0v) is 15.5. The van der Waals surface area contributed by atoms with Crippen LogP contribution in [-0.4, -0.2) is 43.4 Å². The van der Waals surface area contributed by atoms with Crippen molar-refractivity contribution in [3.63, 3.8) is 0 Å². The SMILES string of the molecule is Cc1ccc(S(=O)(=O)N(C)CC(=O)NN=Cc2cccc([N+](=O)[O-])c2)cc1. The van der Waals surface area contributed by atoms with E-state index in [-0.39, 0.29) is 10.6 Å². The first-order valence-electron chi connectivity index (χ1n) is 7.79. The number of hydrogen-bond acceptors (Lipinski definition) is 6. The molecule has 27 heavy (non-hydrogen) atoms. The number of amides is 1. The monoisotopic (exact) mass is 390 g/mol. The molecule has 2 aromatic rings. The van der Waals surface area contributed by atoms with Gasteiger partial charge in [0.1, 0.15) is 0 Å². The summed E-state index contributed by atoms with van der Waals surface area (Å²) < 4.78 is 25.8. The van der Waals surface area contributed by atoms with E-state index in [1.807, 2.05) is 6.92 Å². The van der Waals surface area contributed by atoms with E-state index >= 15 is 0 Å². The van der Waals surface area contributed by atoms with Crippen molar-refractivity contribution >= 4 is 27.8 Å². The quantitative estimate of drug-likeness (QED) is 0.438. The molecular formula is C17H18N4O5S. The second-order valence-electron chi connectivity index (χ2n) is 5.72. The first-order chi connectivity index (χ1) is 12.7. The van der Waals surface area contributed by atoms with Crippen molar-refractivity contribution in [2.24, 2.45) is 5.10 Å². The average Bonchev–Trinajstić information content (AvgIpc) is 2.62. The van der Waals surface area contributed by atoms with Crippen molar-refractivity contribution in [3.05, 3.63) is 69.8 Å². The molecule has 0 unspecified atom stereocenters. The minimum Gasteiger partial charge on any atom is -0.272 e. The molecule has 0 heterocycles. The molecule has 0 spiro atoms. The minimum atomic E-state index is -3.80. The number of nitro benzene ring substituents is 1. The number of nitrogens with zero attached hydrogens (tertiary/aromatic N) is 3. The van der Waals surface area contributed by atoms with Crippen LogP contribution in [0.15, 0.2) is 58.5 Å². The Bertz CT molecular complexity index is 971. The largest absolute Gasteiger partial charge is 0.272 e. The van der Waals surface area contributed by atoms with Crippen molar-refractivity contribution in [3.8, 4) is 0 Å². The molecule has 0 fully saturated rings. The molecule has 1 amide bonds. The van der Waals surface area contributed by atoms with Gasteiger partial charge < -0.3 is 0 Å². The van der Waals surface area contributed by atoms with E-state index in [4.69, 9.17) is 0 Å². The number of aryl methyl sites for hydroxylation is 1. The molecule has 2 rings (SSSR count). The second-order valence-corrected chi connectivity index (χ2v) is 7.76. The number of benzene rings is 2. The Balaban J connectivity index is 1.97. The molecule has 0 atom stereocenters. The third-order valence-corrected chi connectivity index (χ3v) is 5.40. The van der Waals surface area contributed by atoms with Gasteiger partial charge in [-0.15, -0.1) is 0 Å². The summed E-state index contributed by atoms with van der Waals surface area (Å²) in [4.78, 5) is 22.2. The van der Waals surface area contributed by atoms with Crippen molar-refractivity contribution < 1.29 is 18.1 Å². The number of nitrogens with one attached hydrogen (secondary N) is 1.